The lowest BCUT2D eigenvalue weighted by Gasteiger charge is -2.15. The van der Waals surface area contributed by atoms with Gasteiger partial charge >= 0.3 is 0 Å². The summed E-state index contributed by atoms with van der Waals surface area (Å²) in [5.41, 5.74) is 2.01. The maximum Gasteiger partial charge on any atom is 0.181 e. The second kappa shape index (κ2) is 7.39. The fourth-order valence-corrected chi connectivity index (χ4v) is 1.20. The molecule has 1 aromatic rings. The number of ether oxygens (including phenoxy) is 1. The van der Waals surface area contributed by atoms with Crippen molar-refractivity contribution in [1.29, 1.82) is 0 Å². The summed E-state index contributed by atoms with van der Waals surface area (Å²) in [4.78, 5) is 0. The zero-order valence-corrected chi connectivity index (χ0v) is 10.2. The lowest BCUT2D eigenvalue weighted by molar-refractivity contribution is -0.112. The minimum absolute atomic E-state index is 0. The van der Waals surface area contributed by atoms with Crippen LogP contribution in [0.1, 0.15) is 37.7 Å². The molecule has 1 radical (unpaired) electrons. The normalized spacial score (nSPS) is 14.0. The van der Waals surface area contributed by atoms with Gasteiger partial charge in [0.1, 0.15) is 0 Å². The van der Waals surface area contributed by atoms with Crippen LogP contribution in [-0.2, 0) is 4.74 Å². The highest BCUT2D eigenvalue weighted by Crippen LogP contribution is 2.16. The summed E-state index contributed by atoms with van der Waals surface area (Å²) in [6.07, 6.45) is 0.278. The van der Waals surface area contributed by atoms with Gasteiger partial charge in [-0.2, -0.15) is 0 Å². The molecule has 0 aliphatic rings. The van der Waals surface area contributed by atoms with Crippen LogP contribution in [0.25, 0.3) is 0 Å². The van der Waals surface area contributed by atoms with Gasteiger partial charge in [-0.1, -0.05) is 50.1 Å². The Balaban J connectivity index is 0.00000225. The highest BCUT2D eigenvalue weighted by molar-refractivity contribution is 5.21. The molecule has 1 rings (SSSR count). The first-order chi connectivity index (χ1) is 7.13. The van der Waals surface area contributed by atoms with E-state index in [1.54, 1.807) is 0 Å². The van der Waals surface area contributed by atoms with E-state index in [-0.39, 0.29) is 5.48 Å². The van der Waals surface area contributed by atoms with Crippen molar-refractivity contribution in [3.63, 3.8) is 0 Å². The Kier molecular flexibility index (Phi) is 6.97. The fourth-order valence-electron chi connectivity index (χ4n) is 1.20. The quantitative estimate of drug-likeness (QED) is 0.757. The van der Waals surface area contributed by atoms with Crippen LogP contribution in [0, 0.1) is 12.8 Å². The molecule has 16 heavy (non-hydrogen) atoms. The molecule has 1 aromatic carbocycles. The van der Waals surface area contributed by atoms with Gasteiger partial charge in [0, 0.05) is 5.56 Å². The van der Waals surface area contributed by atoms with Gasteiger partial charge in [0.15, 0.2) is 6.29 Å². The van der Waals surface area contributed by atoms with Crippen LogP contribution in [0.5, 0.6) is 0 Å². The van der Waals surface area contributed by atoms with Gasteiger partial charge in [0.05, 0.1) is 6.61 Å². The molecule has 2 unspecified atom stereocenters. The second-order valence-corrected chi connectivity index (χ2v) is 4.11. The van der Waals surface area contributed by atoms with Gasteiger partial charge in [0.2, 0.25) is 0 Å². The van der Waals surface area contributed by atoms with Crippen molar-refractivity contribution >= 4 is 0 Å². The largest absolute Gasteiger partial charge is 0.364 e. The third-order valence-electron chi connectivity index (χ3n) is 2.60. The minimum atomic E-state index is -0.792. The van der Waals surface area contributed by atoms with E-state index in [4.69, 9.17) is 4.74 Å². The highest BCUT2D eigenvalue weighted by Gasteiger charge is 2.08. The summed E-state index contributed by atoms with van der Waals surface area (Å²) in [5.74, 6) is 0.491. The summed E-state index contributed by atoms with van der Waals surface area (Å²) in [5, 5.41) is 9.73. The number of rotatable bonds is 5. The van der Waals surface area contributed by atoms with Crippen molar-refractivity contribution in [2.45, 2.75) is 33.5 Å². The summed E-state index contributed by atoms with van der Waals surface area (Å²) >= 11 is 0. The maximum atomic E-state index is 9.73. The van der Waals surface area contributed by atoms with Crippen LogP contribution < -0.4 is 0 Å². The molecule has 0 spiro atoms. The second-order valence-electron chi connectivity index (χ2n) is 4.11. The van der Waals surface area contributed by atoms with E-state index < -0.39 is 6.29 Å². The van der Waals surface area contributed by atoms with Crippen molar-refractivity contribution in [2.75, 3.05) is 6.61 Å². The van der Waals surface area contributed by atoms with Crippen LogP contribution in [0.15, 0.2) is 24.3 Å². The average molecular weight is 225 g/mol. The Labute approximate surface area is 97.4 Å². The smallest absolute Gasteiger partial charge is 0.181 e. The number of aliphatic hydroxyl groups is 1. The highest BCUT2D eigenvalue weighted by atomic mass is 16.6. The molecule has 0 amide bonds. The molecule has 0 aromatic heterocycles. The van der Waals surface area contributed by atoms with Gasteiger partial charge in [0.25, 0.3) is 0 Å². The molecule has 0 saturated heterocycles. The van der Waals surface area contributed by atoms with E-state index in [0.717, 1.165) is 12.0 Å². The van der Waals surface area contributed by atoms with E-state index in [9.17, 15) is 5.11 Å². The van der Waals surface area contributed by atoms with E-state index >= 15 is 0 Å². The molecule has 3 heteroatoms. The molecule has 0 aliphatic heterocycles. The topological polar surface area (TPSA) is 59.5 Å². The van der Waals surface area contributed by atoms with E-state index in [2.05, 4.69) is 13.8 Å². The van der Waals surface area contributed by atoms with E-state index in [1.165, 1.54) is 5.56 Å². The Morgan fingerprint density at radius 2 is 1.81 bits per heavy atom. The first-order valence-corrected chi connectivity index (χ1v) is 5.49. The predicted octanol–water partition coefficient (Wildman–Crippen LogP) is 2.87. The Morgan fingerprint density at radius 1 is 1.25 bits per heavy atom. The molecule has 0 heterocycles. The number of aliphatic hydroxyl groups excluding tert-OH is 1. The molecule has 3 nitrogen and oxygen atoms in total. The number of hydrogen-bond donors (Lipinski definition) is 2. The van der Waals surface area contributed by atoms with Gasteiger partial charge < -0.3 is 9.84 Å². The third kappa shape index (κ3) is 4.75. The number of aryl methyl sites for hydroxylation is 1. The zero-order valence-electron chi connectivity index (χ0n) is 10.2. The van der Waals surface area contributed by atoms with E-state index in [0.29, 0.717) is 12.5 Å². The molecule has 0 fully saturated rings. The first kappa shape index (κ1) is 15.1. The lowest BCUT2D eigenvalue weighted by atomic mass is 10.1. The van der Waals surface area contributed by atoms with Crippen LogP contribution in [0.3, 0.4) is 0 Å². The van der Waals surface area contributed by atoms with Crippen molar-refractivity contribution in [3.05, 3.63) is 35.4 Å². The molecule has 0 saturated carbocycles. The van der Waals surface area contributed by atoms with Gasteiger partial charge in [-0.15, -0.1) is 0 Å². The van der Waals surface area contributed by atoms with Gasteiger partial charge in [-0.05, 0) is 12.8 Å². The Morgan fingerprint density at radius 3 is 2.31 bits per heavy atom. The van der Waals surface area contributed by atoms with Crippen molar-refractivity contribution in [2.24, 2.45) is 5.92 Å². The van der Waals surface area contributed by atoms with Gasteiger partial charge in [-0.25, -0.2) is 0 Å². The molecule has 91 valence electrons. The fraction of sp³-hybridized carbons (Fsp3) is 0.538. The molecular weight excluding hydrogens is 204 g/mol. The summed E-state index contributed by atoms with van der Waals surface area (Å²) in [6, 6.07) is 7.75. The molecule has 2 atom stereocenters. The average Bonchev–Trinajstić information content (AvgIpc) is 2.26. The number of hydrogen-bond acceptors (Lipinski definition) is 2. The molecule has 2 N–H and O–H groups in total. The van der Waals surface area contributed by atoms with Crippen LogP contribution in [0.4, 0.5) is 0 Å². The predicted molar refractivity (Wildman–Crippen MR) is 63.5 cm³/mol. The van der Waals surface area contributed by atoms with Gasteiger partial charge in [-0.3, -0.25) is 5.48 Å². The van der Waals surface area contributed by atoms with Crippen LogP contribution >= 0.6 is 0 Å². The lowest BCUT2D eigenvalue weighted by Crippen LogP contribution is -2.10. The summed E-state index contributed by atoms with van der Waals surface area (Å²) < 4.78 is 5.38. The van der Waals surface area contributed by atoms with Crippen molar-refractivity contribution < 1.29 is 15.3 Å². The summed E-state index contributed by atoms with van der Waals surface area (Å²) in [7, 11) is 0. The van der Waals surface area contributed by atoms with Crippen molar-refractivity contribution in [3.8, 4) is 0 Å². The first-order valence-electron chi connectivity index (χ1n) is 5.49. The zero-order chi connectivity index (χ0) is 11.3. The Bertz CT molecular complexity index is 282. The molecule has 0 aliphatic carbocycles. The molecular formula is C13H21O3. The van der Waals surface area contributed by atoms with Crippen LogP contribution in [0.2, 0.25) is 0 Å². The van der Waals surface area contributed by atoms with Crippen molar-refractivity contribution in [1.82, 2.24) is 0 Å². The Hall–Kier alpha value is -0.900. The maximum absolute atomic E-state index is 9.73. The van der Waals surface area contributed by atoms with E-state index in [1.807, 2.05) is 31.2 Å². The van der Waals surface area contributed by atoms with Crippen LogP contribution in [-0.4, -0.2) is 17.2 Å². The standard InChI is InChI=1S/C13H20O2.HO/c1-4-10(2)9-15-13(14)12-7-5-11(3)6-8-12;/h5-8,10,13-14H,4,9H2,1-3H3;1H. The monoisotopic (exact) mass is 225 g/mol. The minimum Gasteiger partial charge on any atom is -0.364 e. The summed E-state index contributed by atoms with van der Waals surface area (Å²) in [6.45, 7) is 6.86. The number of benzene rings is 1. The SMILES string of the molecule is CCC(C)COC(O)c1ccc(C)cc1.[OH]. The molecule has 0 bridgehead atoms. The third-order valence-corrected chi connectivity index (χ3v) is 2.60.